The molecular formula is C10H9N3. The molecule has 64 valence electrons. The minimum absolute atomic E-state index is 0.980. The van der Waals surface area contributed by atoms with Crippen LogP contribution in [0.5, 0.6) is 0 Å². The van der Waals surface area contributed by atoms with Gasteiger partial charge in [0.2, 0.25) is 5.78 Å². The quantitative estimate of drug-likeness (QED) is 0.506. The predicted octanol–water partition coefficient (Wildman–Crippen LogP) is 1.90. The van der Waals surface area contributed by atoms with Crippen LogP contribution in [0.2, 0.25) is 0 Å². The molecule has 3 rings (SSSR count). The van der Waals surface area contributed by atoms with Crippen molar-refractivity contribution in [1.82, 2.24) is 13.8 Å². The molecular weight excluding hydrogens is 162 g/mol. The molecule has 13 heavy (non-hydrogen) atoms. The molecule has 3 heteroatoms. The second-order valence-corrected chi connectivity index (χ2v) is 3.21. The lowest BCUT2D eigenvalue weighted by Gasteiger charge is -1.90. The van der Waals surface area contributed by atoms with Crippen LogP contribution >= 0.6 is 0 Å². The van der Waals surface area contributed by atoms with E-state index in [0.717, 1.165) is 11.5 Å². The number of fused-ring (bicyclic) bond motifs is 3. The van der Waals surface area contributed by atoms with Crippen LogP contribution in [0.15, 0.2) is 36.8 Å². The highest BCUT2D eigenvalue weighted by atomic mass is 15.2. The van der Waals surface area contributed by atoms with Gasteiger partial charge in [-0.2, -0.15) is 0 Å². The third kappa shape index (κ3) is 0.811. The van der Waals surface area contributed by atoms with Crippen molar-refractivity contribution in [2.45, 2.75) is 6.92 Å². The lowest BCUT2D eigenvalue weighted by molar-refractivity contribution is 1.14. The number of pyridine rings is 1. The molecule has 3 aromatic rings. The van der Waals surface area contributed by atoms with Gasteiger partial charge in [-0.15, -0.1) is 0 Å². The molecule has 3 aromatic heterocycles. The van der Waals surface area contributed by atoms with E-state index in [-0.39, 0.29) is 0 Å². The highest BCUT2D eigenvalue weighted by Gasteiger charge is 2.02. The Hall–Kier alpha value is -1.77. The summed E-state index contributed by atoms with van der Waals surface area (Å²) in [5.41, 5.74) is 2.22. The number of imidazole rings is 2. The summed E-state index contributed by atoms with van der Waals surface area (Å²) in [5, 5.41) is 0. The maximum atomic E-state index is 4.43. The summed E-state index contributed by atoms with van der Waals surface area (Å²) < 4.78 is 4.12. The summed E-state index contributed by atoms with van der Waals surface area (Å²) >= 11 is 0. The molecule has 3 nitrogen and oxygen atoms in total. The van der Waals surface area contributed by atoms with E-state index in [1.165, 1.54) is 5.52 Å². The van der Waals surface area contributed by atoms with E-state index in [9.17, 15) is 0 Å². The topological polar surface area (TPSA) is 21.7 Å². The fourth-order valence-electron chi connectivity index (χ4n) is 1.66. The average Bonchev–Trinajstić information content (AvgIpc) is 2.60. The van der Waals surface area contributed by atoms with Gasteiger partial charge < -0.3 is 0 Å². The fourth-order valence-corrected chi connectivity index (χ4v) is 1.66. The monoisotopic (exact) mass is 171 g/mol. The summed E-state index contributed by atoms with van der Waals surface area (Å²) in [6.07, 6.45) is 6.13. The molecule has 0 aliphatic carbocycles. The summed E-state index contributed by atoms with van der Waals surface area (Å²) in [6.45, 7) is 2.00. The van der Waals surface area contributed by atoms with E-state index >= 15 is 0 Å². The van der Waals surface area contributed by atoms with Crippen molar-refractivity contribution < 1.29 is 0 Å². The van der Waals surface area contributed by atoms with Crippen LogP contribution in [0, 0.1) is 6.92 Å². The van der Waals surface area contributed by atoms with Gasteiger partial charge in [0.1, 0.15) is 0 Å². The van der Waals surface area contributed by atoms with E-state index in [0.29, 0.717) is 0 Å². The molecule has 0 bridgehead atoms. The largest absolute Gasteiger partial charge is 0.290 e. The lowest BCUT2D eigenvalue weighted by atomic mass is 10.4. The molecule has 0 N–H and O–H groups in total. The Morgan fingerprint density at radius 3 is 3.08 bits per heavy atom. The Balaban J connectivity index is 2.60. The van der Waals surface area contributed by atoms with Crippen LogP contribution in [-0.2, 0) is 0 Å². The highest BCUT2D eigenvalue weighted by molar-refractivity contribution is 5.54. The maximum Gasteiger partial charge on any atom is 0.218 e. The summed E-state index contributed by atoms with van der Waals surface area (Å²) in [5.74, 6) is 0.980. The highest BCUT2D eigenvalue weighted by Crippen LogP contribution is 2.11. The zero-order chi connectivity index (χ0) is 8.84. The molecule has 0 spiro atoms. The van der Waals surface area contributed by atoms with Gasteiger partial charge in [-0.25, -0.2) is 4.98 Å². The van der Waals surface area contributed by atoms with Crippen LogP contribution in [0.1, 0.15) is 5.69 Å². The number of nitrogens with zero attached hydrogens (tertiary/aromatic N) is 3. The smallest absolute Gasteiger partial charge is 0.218 e. The number of rotatable bonds is 0. The predicted molar refractivity (Wildman–Crippen MR) is 50.9 cm³/mol. The van der Waals surface area contributed by atoms with E-state index in [4.69, 9.17) is 0 Å². The molecule has 0 amide bonds. The third-order valence-electron chi connectivity index (χ3n) is 2.21. The van der Waals surface area contributed by atoms with Crippen LogP contribution < -0.4 is 0 Å². The van der Waals surface area contributed by atoms with Crippen LogP contribution in [-0.4, -0.2) is 13.8 Å². The third-order valence-corrected chi connectivity index (χ3v) is 2.21. The fraction of sp³-hybridized carbons (Fsp3) is 0.100. The number of aryl methyl sites for hydroxylation is 1. The molecule has 0 fully saturated rings. The average molecular weight is 171 g/mol. The van der Waals surface area contributed by atoms with Gasteiger partial charge in [0.05, 0.1) is 11.2 Å². The number of aromatic nitrogens is 3. The minimum atomic E-state index is 0.980. The van der Waals surface area contributed by atoms with Gasteiger partial charge in [0.25, 0.3) is 0 Å². The van der Waals surface area contributed by atoms with Gasteiger partial charge >= 0.3 is 0 Å². The van der Waals surface area contributed by atoms with Crippen LogP contribution in [0.4, 0.5) is 0 Å². The van der Waals surface area contributed by atoms with Crippen molar-refractivity contribution in [3.63, 3.8) is 0 Å². The first-order chi connectivity index (χ1) is 6.34. The van der Waals surface area contributed by atoms with E-state index in [1.807, 2.05) is 35.9 Å². The zero-order valence-corrected chi connectivity index (χ0v) is 7.31. The molecule has 0 radical (unpaired) electrons. The molecule has 0 saturated heterocycles. The summed E-state index contributed by atoms with van der Waals surface area (Å²) in [7, 11) is 0. The van der Waals surface area contributed by atoms with Crippen molar-refractivity contribution in [3.8, 4) is 0 Å². The second kappa shape index (κ2) is 2.13. The minimum Gasteiger partial charge on any atom is -0.290 e. The molecule has 0 aliphatic rings. The molecule has 0 aliphatic heterocycles. The normalized spacial score (nSPS) is 11.5. The molecule has 3 heterocycles. The second-order valence-electron chi connectivity index (χ2n) is 3.21. The standard InChI is InChI=1S/C10H9N3/c1-8-6-12-7-9-4-2-3-5-13(9)10(12)11-8/h2-7H,1H3. The van der Waals surface area contributed by atoms with Crippen molar-refractivity contribution in [2.24, 2.45) is 0 Å². The number of hydrogen-bond donors (Lipinski definition) is 0. The van der Waals surface area contributed by atoms with Gasteiger partial charge in [0.15, 0.2) is 0 Å². The first-order valence-corrected chi connectivity index (χ1v) is 4.26. The molecule has 0 aromatic carbocycles. The Morgan fingerprint density at radius 1 is 1.23 bits per heavy atom. The first kappa shape index (κ1) is 6.71. The van der Waals surface area contributed by atoms with Crippen molar-refractivity contribution in [1.29, 1.82) is 0 Å². The van der Waals surface area contributed by atoms with Crippen molar-refractivity contribution >= 4 is 11.3 Å². The number of hydrogen-bond acceptors (Lipinski definition) is 1. The van der Waals surface area contributed by atoms with E-state index in [2.05, 4.69) is 21.6 Å². The lowest BCUT2D eigenvalue weighted by Crippen LogP contribution is -1.83. The molecule has 0 atom stereocenters. The Morgan fingerprint density at radius 2 is 2.15 bits per heavy atom. The summed E-state index contributed by atoms with van der Waals surface area (Å²) in [4.78, 5) is 4.43. The van der Waals surface area contributed by atoms with E-state index < -0.39 is 0 Å². The van der Waals surface area contributed by atoms with E-state index in [1.54, 1.807) is 0 Å². The van der Waals surface area contributed by atoms with Gasteiger partial charge in [-0.05, 0) is 19.1 Å². The van der Waals surface area contributed by atoms with Crippen molar-refractivity contribution in [3.05, 3.63) is 42.5 Å². The van der Waals surface area contributed by atoms with Crippen LogP contribution in [0.25, 0.3) is 11.3 Å². The van der Waals surface area contributed by atoms with Crippen molar-refractivity contribution in [2.75, 3.05) is 0 Å². The van der Waals surface area contributed by atoms with Gasteiger partial charge in [-0.3, -0.25) is 8.80 Å². The van der Waals surface area contributed by atoms with Gasteiger partial charge in [-0.1, -0.05) is 6.07 Å². The van der Waals surface area contributed by atoms with Gasteiger partial charge in [0, 0.05) is 18.6 Å². The first-order valence-electron chi connectivity index (χ1n) is 4.26. The summed E-state index contributed by atoms with van der Waals surface area (Å²) in [6, 6.07) is 6.11. The Labute approximate surface area is 75.3 Å². The Bertz CT molecular complexity index is 574. The maximum absolute atomic E-state index is 4.43. The van der Waals surface area contributed by atoms with Crippen LogP contribution in [0.3, 0.4) is 0 Å². The SMILES string of the molecule is Cc1cn2cc3ccccn3c2n1. The molecule has 0 unspecified atom stereocenters. The Kier molecular flexibility index (Phi) is 1.10. The zero-order valence-electron chi connectivity index (χ0n) is 7.31. The molecule has 0 saturated carbocycles.